The number of fused-ring (bicyclic) bond motifs is 2. The number of hydrogen-bond donors (Lipinski definition) is 3. The lowest BCUT2D eigenvalue weighted by Gasteiger charge is -2.43. The Kier molecular flexibility index (Phi) is 11.1. The molecule has 48 heavy (non-hydrogen) atoms. The molecule has 4 aliphatic heterocycles. The van der Waals surface area contributed by atoms with Gasteiger partial charge in [-0.25, -0.2) is 9.98 Å². The molecule has 6 rings (SSSR count). The summed E-state index contributed by atoms with van der Waals surface area (Å²) in [7, 11) is -6.50. The molecule has 0 bridgehead atoms. The Labute approximate surface area is 292 Å². The predicted molar refractivity (Wildman–Crippen MR) is 199 cm³/mol. The Morgan fingerprint density at radius 3 is 1.83 bits per heavy atom. The van der Waals surface area contributed by atoms with E-state index in [0.29, 0.717) is 12.1 Å². The molecule has 0 saturated carbocycles. The van der Waals surface area contributed by atoms with Crippen LogP contribution in [-0.4, -0.2) is 118 Å². The van der Waals surface area contributed by atoms with Crippen LogP contribution < -0.4 is 21.0 Å². The van der Waals surface area contributed by atoms with Crippen LogP contribution in [-0.2, 0) is 14.3 Å². The molecule has 262 valence electrons. The van der Waals surface area contributed by atoms with Crippen molar-refractivity contribution in [1.29, 1.82) is 0 Å². The highest BCUT2D eigenvalue weighted by Gasteiger charge is 2.49. The second-order valence-corrected chi connectivity index (χ2v) is 21.1. The molecule has 3 N–H and O–H groups in total. The minimum Gasteiger partial charge on any atom is -0.424 e. The topological polar surface area (TPSA) is 119 Å². The minimum absolute atomic E-state index is 0.107. The van der Waals surface area contributed by atoms with E-state index in [1.54, 1.807) is 0 Å². The molecule has 13 heteroatoms. The van der Waals surface area contributed by atoms with Crippen LogP contribution in [0, 0.1) is 0 Å². The monoisotopic (exact) mass is 712 g/mol. The number of hydrogen-bond acceptors (Lipinski definition) is 11. The third kappa shape index (κ3) is 8.40. The van der Waals surface area contributed by atoms with Crippen molar-refractivity contribution in [1.82, 2.24) is 20.4 Å². The fourth-order valence-electron chi connectivity index (χ4n) is 7.43. The minimum atomic E-state index is -3.46. The summed E-state index contributed by atoms with van der Waals surface area (Å²) in [5, 5.41) is 9.24. The number of thioether (sulfide) groups is 1. The van der Waals surface area contributed by atoms with Crippen LogP contribution in [0.1, 0.15) is 52.4 Å². The second-order valence-electron chi connectivity index (χ2n) is 14.4. The first-order valence-electron chi connectivity index (χ1n) is 17.4. The van der Waals surface area contributed by atoms with Gasteiger partial charge in [-0.2, -0.15) is 20.2 Å². The Balaban J connectivity index is 1.01. The van der Waals surface area contributed by atoms with Gasteiger partial charge in [0.05, 0.1) is 24.9 Å². The number of benzene rings is 2. The summed E-state index contributed by atoms with van der Waals surface area (Å²) in [4.78, 5) is 27.2. The van der Waals surface area contributed by atoms with Gasteiger partial charge < -0.3 is 25.2 Å². The molecule has 2 aromatic rings. The third-order valence-electron chi connectivity index (χ3n) is 10.4. The molecule has 0 aromatic heterocycles. The van der Waals surface area contributed by atoms with E-state index in [-0.39, 0.29) is 23.7 Å². The van der Waals surface area contributed by atoms with Crippen molar-refractivity contribution in [2.45, 2.75) is 81.6 Å². The lowest BCUT2D eigenvalue weighted by molar-refractivity contribution is 0.246. The summed E-state index contributed by atoms with van der Waals surface area (Å²) >= 11 is 1.97. The van der Waals surface area contributed by atoms with Crippen LogP contribution in [0.3, 0.4) is 0 Å². The Morgan fingerprint density at radius 2 is 1.31 bits per heavy atom. The van der Waals surface area contributed by atoms with E-state index in [9.17, 15) is 13.2 Å². The number of guanidine groups is 2. The molecule has 2 saturated heterocycles. The van der Waals surface area contributed by atoms with E-state index in [4.69, 9.17) is 14.2 Å². The predicted octanol–water partition coefficient (Wildman–Crippen LogP) is 2.59. The maximum absolute atomic E-state index is 12.6. The Morgan fingerprint density at radius 1 is 0.833 bits per heavy atom. The van der Waals surface area contributed by atoms with Gasteiger partial charge >= 0.3 is 0 Å². The molecule has 2 fully saturated rings. The van der Waals surface area contributed by atoms with Crippen molar-refractivity contribution in [2.75, 3.05) is 50.5 Å². The molecule has 10 nitrogen and oxygen atoms in total. The molecule has 0 radical (unpaired) electrons. The Hall–Kier alpha value is -2.58. The lowest BCUT2D eigenvalue weighted by Crippen LogP contribution is -2.65. The molecule has 0 aliphatic carbocycles. The van der Waals surface area contributed by atoms with E-state index < -0.39 is 18.4 Å². The average Bonchev–Trinajstić information content (AvgIpc) is 3.09. The molecule has 0 spiro atoms. The second kappa shape index (κ2) is 15.1. The highest BCUT2D eigenvalue weighted by molar-refractivity contribution is 7.99. The standard InChI is InChI=1S/C35H52N6O4S2Si/c1-35(2,48(44,31-10-6-4-7-11-31)32-12-8-5-9-13-32)19-14-27-15-20-40-22-17-29(38-33(40)36-27)25-46-26-30-18-23-41-21-16-28(37-34(41)39-30)24-45-47(3,42)43/h4-13,27-30,44H,14-26H2,1-3H3,(H,36,38)(H,37,39)/t27-,28+,29+,30+/m0/s1. The zero-order valence-electron chi connectivity index (χ0n) is 28.6. The van der Waals surface area contributed by atoms with Gasteiger partial charge in [-0.05, 0) is 53.9 Å². The average molecular weight is 713 g/mol. The molecule has 4 aliphatic rings. The molecule has 0 unspecified atom stereocenters. The molecular weight excluding hydrogens is 661 g/mol. The first kappa shape index (κ1) is 35.3. The Bertz CT molecular complexity index is 1510. The summed E-state index contributed by atoms with van der Waals surface area (Å²) in [5.74, 6) is 3.95. The fourth-order valence-corrected chi connectivity index (χ4v) is 12.8. The smallest absolute Gasteiger partial charge is 0.264 e. The highest BCUT2D eigenvalue weighted by Crippen LogP contribution is 2.41. The van der Waals surface area contributed by atoms with Crippen LogP contribution >= 0.6 is 11.8 Å². The third-order valence-corrected chi connectivity index (χ3v) is 16.8. The van der Waals surface area contributed by atoms with Gasteiger partial charge in [0.25, 0.3) is 18.4 Å². The van der Waals surface area contributed by atoms with Crippen molar-refractivity contribution in [3.05, 3.63) is 60.7 Å². The molecular formula is C35H52N6O4S2Si. The molecule has 2 aromatic carbocycles. The fraction of sp³-hybridized carbons (Fsp3) is 0.600. The maximum Gasteiger partial charge on any atom is 0.264 e. The van der Waals surface area contributed by atoms with Gasteiger partial charge in [-0.3, -0.25) is 4.18 Å². The quantitative estimate of drug-likeness (QED) is 0.213. The number of nitrogens with zero attached hydrogens (tertiary/aromatic N) is 4. The van der Waals surface area contributed by atoms with E-state index in [0.717, 1.165) is 105 Å². The molecule has 4 atom stereocenters. The van der Waals surface area contributed by atoms with Crippen LogP contribution in [0.15, 0.2) is 70.6 Å². The van der Waals surface area contributed by atoms with E-state index in [2.05, 4.69) is 58.5 Å². The van der Waals surface area contributed by atoms with E-state index in [1.165, 1.54) is 0 Å². The van der Waals surface area contributed by atoms with Crippen molar-refractivity contribution in [2.24, 2.45) is 9.98 Å². The van der Waals surface area contributed by atoms with Crippen molar-refractivity contribution >= 4 is 52.5 Å². The summed E-state index contributed by atoms with van der Waals surface area (Å²) in [5.41, 5.74) is 0. The van der Waals surface area contributed by atoms with Gasteiger partial charge in [-0.1, -0.05) is 74.5 Å². The van der Waals surface area contributed by atoms with Gasteiger partial charge in [0, 0.05) is 49.8 Å². The van der Waals surface area contributed by atoms with Gasteiger partial charge in [-0.15, -0.1) is 0 Å². The van der Waals surface area contributed by atoms with Crippen molar-refractivity contribution in [3.8, 4) is 0 Å². The number of nitrogens with one attached hydrogen (secondary N) is 2. The SMILES string of the molecule is CC(C)(CC[C@H]1CCN2CC[C@H](CSC[C@H]3CCN4CC[C@H](COS(C)(=O)=O)N=C4N3)NC2=N1)[Si](O)(c1ccccc1)c1ccccc1. The van der Waals surface area contributed by atoms with Crippen LogP contribution in [0.25, 0.3) is 0 Å². The summed E-state index contributed by atoms with van der Waals surface area (Å²) < 4.78 is 27.8. The molecule has 4 heterocycles. The van der Waals surface area contributed by atoms with Crippen molar-refractivity contribution < 1.29 is 17.4 Å². The van der Waals surface area contributed by atoms with Crippen LogP contribution in [0.4, 0.5) is 0 Å². The summed E-state index contributed by atoms with van der Waals surface area (Å²) in [6.07, 6.45) is 6.98. The van der Waals surface area contributed by atoms with Crippen molar-refractivity contribution in [3.63, 3.8) is 0 Å². The molecule has 0 amide bonds. The normalized spacial score (nSPS) is 24.8. The number of rotatable bonds is 13. The van der Waals surface area contributed by atoms with E-state index in [1.807, 2.05) is 48.2 Å². The van der Waals surface area contributed by atoms with Crippen LogP contribution in [0.5, 0.6) is 0 Å². The number of aliphatic imine (C=N–C) groups is 2. The first-order valence-corrected chi connectivity index (χ1v) is 22.4. The van der Waals surface area contributed by atoms with Gasteiger partial charge in [0.2, 0.25) is 0 Å². The summed E-state index contributed by atoms with van der Waals surface area (Å²) in [6.45, 7) is 8.51. The zero-order valence-corrected chi connectivity index (χ0v) is 31.2. The zero-order chi connectivity index (χ0) is 33.8. The van der Waals surface area contributed by atoms with Gasteiger partial charge in [0.1, 0.15) is 0 Å². The van der Waals surface area contributed by atoms with Crippen LogP contribution in [0.2, 0.25) is 5.04 Å². The first-order chi connectivity index (χ1) is 23.0. The maximum atomic E-state index is 12.6. The lowest BCUT2D eigenvalue weighted by atomic mass is 9.99. The summed E-state index contributed by atoms with van der Waals surface area (Å²) in [6, 6.07) is 21.4. The highest BCUT2D eigenvalue weighted by atomic mass is 32.2. The largest absolute Gasteiger partial charge is 0.424 e. The van der Waals surface area contributed by atoms with E-state index >= 15 is 0 Å². The van der Waals surface area contributed by atoms with Gasteiger partial charge in [0.15, 0.2) is 11.9 Å².